The Morgan fingerprint density at radius 3 is 2.24 bits per heavy atom. The topological polar surface area (TPSA) is 95.7 Å². The van der Waals surface area contributed by atoms with Crippen LogP contribution in [0.1, 0.15) is 11.1 Å². The number of nitrogen functional groups attached to an aromatic ring is 1. The Morgan fingerprint density at radius 2 is 1.86 bits per heavy atom. The van der Waals surface area contributed by atoms with E-state index in [0.717, 1.165) is 0 Å². The third kappa shape index (κ3) is 4.10. The molecule has 1 aromatic carbocycles. The van der Waals surface area contributed by atoms with Crippen molar-refractivity contribution < 1.29 is 22.3 Å². The van der Waals surface area contributed by atoms with Crippen molar-refractivity contribution in [2.24, 2.45) is 5.84 Å². The van der Waals surface area contributed by atoms with Gasteiger partial charge in [0, 0.05) is 12.2 Å². The highest BCUT2D eigenvalue weighted by Gasteiger charge is 2.29. The molecule has 0 spiro atoms. The number of hydrogen-bond donors (Lipinski definition) is 3. The highest BCUT2D eigenvalue weighted by Crippen LogP contribution is 2.27. The third-order valence-corrected chi connectivity index (χ3v) is 5.09. The van der Waals surface area contributed by atoms with Gasteiger partial charge in [0.2, 0.25) is 10.0 Å². The summed E-state index contributed by atoms with van der Waals surface area (Å²) in [5.74, 6) is 5.28. The normalized spacial score (nSPS) is 12.2. The summed E-state index contributed by atoms with van der Waals surface area (Å²) < 4.78 is 50.8. The van der Waals surface area contributed by atoms with Crippen LogP contribution in [0.4, 0.5) is 14.5 Å². The number of aliphatic hydroxyl groups excluding tert-OH is 1. The van der Waals surface area contributed by atoms with Crippen LogP contribution in [0.3, 0.4) is 0 Å². The quantitative estimate of drug-likeness (QED) is 0.510. The van der Waals surface area contributed by atoms with Gasteiger partial charge in [-0.15, -0.1) is 0 Å². The van der Waals surface area contributed by atoms with Gasteiger partial charge in [-0.25, -0.2) is 17.2 Å². The first-order valence-corrected chi connectivity index (χ1v) is 7.65. The number of aryl methyl sites for hydroxylation is 2. The van der Waals surface area contributed by atoms with E-state index in [-0.39, 0.29) is 11.4 Å². The van der Waals surface area contributed by atoms with Crippen molar-refractivity contribution in [3.8, 4) is 0 Å². The van der Waals surface area contributed by atoms with Gasteiger partial charge >= 0.3 is 0 Å². The van der Waals surface area contributed by atoms with Crippen LogP contribution in [0, 0.1) is 13.8 Å². The fraction of sp³-hybridized carbons (Fsp3) is 0.500. The monoisotopic (exact) mass is 323 g/mol. The lowest BCUT2D eigenvalue weighted by atomic mass is 10.1. The Labute approximate surface area is 122 Å². The molecule has 1 aromatic rings. The van der Waals surface area contributed by atoms with E-state index in [0.29, 0.717) is 21.1 Å². The van der Waals surface area contributed by atoms with Gasteiger partial charge < -0.3 is 10.5 Å². The van der Waals surface area contributed by atoms with Crippen molar-refractivity contribution in [2.45, 2.75) is 25.2 Å². The smallest absolute Gasteiger partial charge is 0.252 e. The SMILES string of the molecule is Cc1cc(NN)cc(C)c1S(=O)(=O)N(CCO)CC(F)F. The molecular weight excluding hydrogens is 304 g/mol. The predicted octanol–water partition coefficient (Wildman–Crippen LogP) is 0.837. The zero-order valence-corrected chi connectivity index (χ0v) is 12.6. The molecule has 6 nitrogen and oxygen atoms in total. The lowest BCUT2D eigenvalue weighted by molar-refractivity contribution is 0.113. The molecule has 21 heavy (non-hydrogen) atoms. The second-order valence-electron chi connectivity index (χ2n) is 4.56. The van der Waals surface area contributed by atoms with Gasteiger partial charge in [0.15, 0.2) is 0 Å². The molecule has 0 aliphatic rings. The summed E-state index contributed by atoms with van der Waals surface area (Å²) >= 11 is 0. The summed E-state index contributed by atoms with van der Waals surface area (Å²) in [6, 6.07) is 3.03. The molecule has 0 heterocycles. The maximum Gasteiger partial charge on any atom is 0.252 e. The van der Waals surface area contributed by atoms with Crippen molar-refractivity contribution in [2.75, 3.05) is 25.1 Å². The Kier molecular flexibility index (Phi) is 6.02. The van der Waals surface area contributed by atoms with Gasteiger partial charge in [-0.2, -0.15) is 4.31 Å². The number of benzene rings is 1. The van der Waals surface area contributed by atoms with Gasteiger partial charge in [0.25, 0.3) is 6.43 Å². The molecule has 0 radical (unpaired) electrons. The standard InChI is InChI=1S/C12H19F2N3O3S/c1-8-5-10(16-15)6-9(2)12(8)21(19,20)17(3-4-18)7-11(13)14/h5-6,11,16,18H,3-4,7,15H2,1-2H3. The minimum Gasteiger partial charge on any atom is -0.395 e. The van der Waals surface area contributed by atoms with Crippen molar-refractivity contribution >= 4 is 15.7 Å². The molecule has 4 N–H and O–H groups in total. The second kappa shape index (κ2) is 7.12. The van der Waals surface area contributed by atoms with Crippen LogP contribution in [0.15, 0.2) is 17.0 Å². The van der Waals surface area contributed by atoms with Gasteiger partial charge in [-0.05, 0) is 37.1 Å². The van der Waals surface area contributed by atoms with E-state index in [2.05, 4.69) is 5.43 Å². The second-order valence-corrected chi connectivity index (χ2v) is 6.44. The Balaban J connectivity index is 3.34. The minimum atomic E-state index is -4.12. The molecule has 0 bridgehead atoms. The highest BCUT2D eigenvalue weighted by atomic mass is 32.2. The molecule has 0 fully saturated rings. The molecular formula is C12H19F2N3O3S. The van der Waals surface area contributed by atoms with Gasteiger partial charge in [-0.3, -0.25) is 5.84 Å². The van der Waals surface area contributed by atoms with Crippen LogP contribution in [0.5, 0.6) is 0 Å². The highest BCUT2D eigenvalue weighted by molar-refractivity contribution is 7.89. The van der Waals surface area contributed by atoms with Crippen LogP contribution < -0.4 is 11.3 Å². The Morgan fingerprint density at radius 1 is 1.33 bits per heavy atom. The van der Waals surface area contributed by atoms with Crippen LogP contribution in [-0.2, 0) is 10.0 Å². The van der Waals surface area contributed by atoms with Crippen molar-refractivity contribution in [1.82, 2.24) is 4.31 Å². The average Bonchev–Trinajstić information content (AvgIpc) is 2.36. The number of nitrogens with zero attached hydrogens (tertiary/aromatic N) is 1. The lowest BCUT2D eigenvalue weighted by Crippen LogP contribution is -2.37. The van der Waals surface area contributed by atoms with E-state index in [4.69, 9.17) is 10.9 Å². The average molecular weight is 323 g/mol. The van der Waals surface area contributed by atoms with Crippen molar-refractivity contribution in [3.63, 3.8) is 0 Å². The number of nitrogens with one attached hydrogen (secondary N) is 1. The third-order valence-electron chi connectivity index (χ3n) is 2.92. The number of sulfonamides is 1. The fourth-order valence-electron chi connectivity index (χ4n) is 2.14. The molecule has 0 unspecified atom stereocenters. The summed E-state index contributed by atoms with van der Waals surface area (Å²) in [4.78, 5) is -0.0457. The number of rotatable bonds is 7. The summed E-state index contributed by atoms with van der Waals surface area (Å²) in [7, 11) is -4.12. The first-order valence-electron chi connectivity index (χ1n) is 6.21. The molecule has 9 heteroatoms. The lowest BCUT2D eigenvalue weighted by Gasteiger charge is -2.23. The maximum absolute atomic E-state index is 12.6. The van der Waals surface area contributed by atoms with Gasteiger partial charge in [0.1, 0.15) is 0 Å². The van der Waals surface area contributed by atoms with E-state index >= 15 is 0 Å². The van der Waals surface area contributed by atoms with Crippen molar-refractivity contribution in [3.05, 3.63) is 23.3 Å². The minimum absolute atomic E-state index is 0.0457. The zero-order chi connectivity index (χ0) is 16.2. The number of nitrogens with two attached hydrogens (primary N) is 1. The first-order chi connectivity index (χ1) is 9.73. The number of aliphatic hydroxyl groups is 1. The summed E-state index contributed by atoms with van der Waals surface area (Å²) in [6.45, 7) is 1.23. The van der Waals surface area contributed by atoms with E-state index in [1.165, 1.54) is 12.1 Å². The van der Waals surface area contributed by atoms with Crippen LogP contribution in [-0.4, -0.2) is 44.0 Å². The summed E-state index contributed by atoms with van der Waals surface area (Å²) in [5, 5.41) is 8.90. The van der Waals surface area contributed by atoms with E-state index < -0.39 is 29.6 Å². The molecule has 0 amide bonds. The molecule has 0 atom stereocenters. The van der Waals surface area contributed by atoms with E-state index in [9.17, 15) is 17.2 Å². The number of anilines is 1. The number of hydrogen-bond acceptors (Lipinski definition) is 5. The summed E-state index contributed by atoms with van der Waals surface area (Å²) in [6.07, 6.45) is -2.82. The first kappa shape index (κ1) is 17.8. The molecule has 0 aliphatic carbocycles. The zero-order valence-electron chi connectivity index (χ0n) is 11.8. The fourth-order valence-corrected chi connectivity index (χ4v) is 3.97. The molecule has 120 valence electrons. The molecule has 1 rings (SSSR count). The number of hydrazine groups is 1. The summed E-state index contributed by atoms with van der Waals surface area (Å²) in [5.41, 5.74) is 3.70. The molecule has 0 aromatic heterocycles. The predicted molar refractivity (Wildman–Crippen MR) is 75.6 cm³/mol. The molecule has 0 aliphatic heterocycles. The number of halogens is 2. The Hall–Kier alpha value is -1.29. The molecule has 0 saturated carbocycles. The van der Waals surface area contributed by atoms with Crippen LogP contribution in [0.2, 0.25) is 0 Å². The van der Waals surface area contributed by atoms with Gasteiger partial charge in [0.05, 0.1) is 18.0 Å². The molecule has 0 saturated heterocycles. The van der Waals surface area contributed by atoms with Crippen LogP contribution in [0.25, 0.3) is 0 Å². The number of alkyl halides is 2. The largest absolute Gasteiger partial charge is 0.395 e. The van der Waals surface area contributed by atoms with E-state index in [1.54, 1.807) is 13.8 Å². The Bertz CT molecular complexity index is 570. The maximum atomic E-state index is 12.6. The van der Waals surface area contributed by atoms with E-state index in [1.807, 2.05) is 0 Å². The van der Waals surface area contributed by atoms with Crippen molar-refractivity contribution in [1.29, 1.82) is 0 Å². The van der Waals surface area contributed by atoms with Crippen LogP contribution >= 0.6 is 0 Å². The van der Waals surface area contributed by atoms with Gasteiger partial charge in [-0.1, -0.05) is 0 Å².